The quantitative estimate of drug-likeness (QED) is 0.758. The molecule has 1 fully saturated rings. The van der Waals surface area contributed by atoms with Gasteiger partial charge in [-0.2, -0.15) is 0 Å². The van der Waals surface area contributed by atoms with Crippen molar-refractivity contribution in [2.24, 2.45) is 0 Å². The highest BCUT2D eigenvalue weighted by atomic mass is 16.5. The highest BCUT2D eigenvalue weighted by Crippen LogP contribution is 2.26. The van der Waals surface area contributed by atoms with Gasteiger partial charge in [-0.05, 0) is 32.9 Å². The molecule has 0 radical (unpaired) electrons. The van der Waals surface area contributed by atoms with Crippen LogP contribution in [0.4, 0.5) is 5.69 Å². The van der Waals surface area contributed by atoms with E-state index in [-0.39, 0.29) is 5.69 Å². The number of aromatic nitrogens is 1. The van der Waals surface area contributed by atoms with Crippen molar-refractivity contribution in [3.8, 4) is 5.88 Å². The Kier molecular flexibility index (Phi) is 4.79. The van der Waals surface area contributed by atoms with E-state index in [0.29, 0.717) is 30.7 Å². The van der Waals surface area contributed by atoms with Crippen LogP contribution in [0.25, 0.3) is 0 Å². The fourth-order valence-corrected chi connectivity index (χ4v) is 1.94. The maximum absolute atomic E-state index is 11.7. The predicted molar refractivity (Wildman–Crippen MR) is 75.8 cm³/mol. The summed E-state index contributed by atoms with van der Waals surface area (Å²) >= 11 is 0. The van der Waals surface area contributed by atoms with Gasteiger partial charge >= 0.3 is 5.97 Å². The van der Waals surface area contributed by atoms with Gasteiger partial charge in [-0.1, -0.05) is 0 Å². The monoisotopic (exact) mass is 279 g/mol. The molecule has 0 spiro atoms. The van der Waals surface area contributed by atoms with Gasteiger partial charge < -0.3 is 20.1 Å². The number of likely N-dealkylation sites (N-methyl/N-ethyl adjacent to an activating group) is 1. The van der Waals surface area contributed by atoms with Crippen LogP contribution in [0.3, 0.4) is 0 Å². The molecule has 0 atom stereocenters. The number of anilines is 1. The summed E-state index contributed by atoms with van der Waals surface area (Å²) in [6.45, 7) is 3.37. The number of esters is 1. The van der Waals surface area contributed by atoms with E-state index >= 15 is 0 Å². The molecule has 20 heavy (non-hydrogen) atoms. The van der Waals surface area contributed by atoms with Crippen LogP contribution in [-0.4, -0.2) is 48.7 Å². The molecule has 0 bridgehead atoms. The minimum absolute atomic E-state index is 0.236. The van der Waals surface area contributed by atoms with Crippen LogP contribution in [0.15, 0.2) is 12.3 Å². The van der Waals surface area contributed by atoms with Crippen molar-refractivity contribution >= 4 is 11.7 Å². The largest absolute Gasteiger partial charge is 0.475 e. The van der Waals surface area contributed by atoms with E-state index in [9.17, 15) is 4.79 Å². The van der Waals surface area contributed by atoms with E-state index in [2.05, 4.69) is 16.9 Å². The van der Waals surface area contributed by atoms with Gasteiger partial charge in [-0.15, -0.1) is 0 Å². The number of ether oxygens (including phenoxy) is 2. The molecular weight excluding hydrogens is 258 g/mol. The standard InChI is InChI=1S/C14H21N3O3/c1-3-19-14(18)11-6-7-16-13(12(11)15)20-9-8-17(2)10-4-5-10/h6-7,10H,3-5,8-9,15H2,1-2H3. The normalized spacial score (nSPS) is 14.3. The van der Waals surface area contributed by atoms with E-state index in [1.54, 1.807) is 6.92 Å². The summed E-state index contributed by atoms with van der Waals surface area (Å²) in [6.07, 6.45) is 4.02. The Morgan fingerprint density at radius 1 is 1.55 bits per heavy atom. The SMILES string of the molecule is CCOC(=O)c1ccnc(OCCN(C)C2CC2)c1N. The zero-order valence-corrected chi connectivity index (χ0v) is 12.0. The summed E-state index contributed by atoms with van der Waals surface area (Å²) in [5.74, 6) is -0.160. The van der Waals surface area contributed by atoms with Crippen LogP contribution in [0.2, 0.25) is 0 Å². The molecule has 1 heterocycles. The molecule has 2 N–H and O–H groups in total. The summed E-state index contributed by atoms with van der Waals surface area (Å²) in [6, 6.07) is 2.23. The molecule has 0 unspecified atom stereocenters. The van der Waals surface area contributed by atoms with Crippen LogP contribution < -0.4 is 10.5 Å². The maximum Gasteiger partial charge on any atom is 0.340 e. The van der Waals surface area contributed by atoms with Crippen LogP contribution in [0.1, 0.15) is 30.1 Å². The third-order valence-corrected chi connectivity index (χ3v) is 3.30. The molecular formula is C14H21N3O3. The minimum Gasteiger partial charge on any atom is -0.475 e. The first-order valence-corrected chi connectivity index (χ1v) is 6.88. The van der Waals surface area contributed by atoms with Crippen LogP contribution in [0.5, 0.6) is 5.88 Å². The van der Waals surface area contributed by atoms with Gasteiger partial charge in [-0.25, -0.2) is 9.78 Å². The Balaban J connectivity index is 1.93. The molecule has 1 aromatic heterocycles. The number of nitrogens with zero attached hydrogens (tertiary/aromatic N) is 2. The van der Waals surface area contributed by atoms with Crippen molar-refractivity contribution in [1.29, 1.82) is 0 Å². The summed E-state index contributed by atoms with van der Waals surface area (Å²) < 4.78 is 10.5. The summed E-state index contributed by atoms with van der Waals surface area (Å²) in [7, 11) is 2.08. The first-order chi connectivity index (χ1) is 9.63. The molecule has 2 rings (SSSR count). The molecule has 1 aliphatic carbocycles. The van der Waals surface area contributed by atoms with Gasteiger partial charge in [0.15, 0.2) is 0 Å². The number of nitrogen functional groups attached to an aromatic ring is 1. The Morgan fingerprint density at radius 3 is 2.95 bits per heavy atom. The first kappa shape index (κ1) is 14.6. The number of carbonyl (C=O) groups is 1. The molecule has 6 nitrogen and oxygen atoms in total. The highest BCUT2D eigenvalue weighted by molar-refractivity contribution is 5.96. The average Bonchev–Trinajstić information content (AvgIpc) is 3.25. The molecule has 0 saturated heterocycles. The third-order valence-electron chi connectivity index (χ3n) is 3.30. The van der Waals surface area contributed by atoms with E-state index in [1.165, 1.54) is 25.1 Å². The predicted octanol–water partition coefficient (Wildman–Crippen LogP) is 1.31. The van der Waals surface area contributed by atoms with E-state index < -0.39 is 5.97 Å². The smallest absolute Gasteiger partial charge is 0.340 e. The highest BCUT2D eigenvalue weighted by Gasteiger charge is 2.25. The van der Waals surface area contributed by atoms with E-state index in [4.69, 9.17) is 15.2 Å². The second kappa shape index (κ2) is 6.56. The van der Waals surface area contributed by atoms with Crippen LogP contribution >= 0.6 is 0 Å². The lowest BCUT2D eigenvalue weighted by Gasteiger charge is -2.16. The Hall–Kier alpha value is -1.82. The van der Waals surface area contributed by atoms with Gasteiger partial charge in [0.25, 0.3) is 0 Å². The van der Waals surface area contributed by atoms with Crippen molar-refractivity contribution in [2.45, 2.75) is 25.8 Å². The fourth-order valence-electron chi connectivity index (χ4n) is 1.94. The van der Waals surface area contributed by atoms with Crippen molar-refractivity contribution < 1.29 is 14.3 Å². The lowest BCUT2D eigenvalue weighted by atomic mass is 10.2. The fraction of sp³-hybridized carbons (Fsp3) is 0.571. The second-order valence-corrected chi connectivity index (χ2v) is 4.86. The van der Waals surface area contributed by atoms with Crippen molar-refractivity contribution in [1.82, 2.24) is 9.88 Å². The second-order valence-electron chi connectivity index (χ2n) is 4.86. The van der Waals surface area contributed by atoms with E-state index in [1.807, 2.05) is 0 Å². The lowest BCUT2D eigenvalue weighted by molar-refractivity contribution is 0.0527. The molecule has 1 saturated carbocycles. The van der Waals surface area contributed by atoms with Gasteiger partial charge in [-0.3, -0.25) is 0 Å². The minimum atomic E-state index is -0.452. The topological polar surface area (TPSA) is 77.7 Å². The van der Waals surface area contributed by atoms with Crippen LogP contribution in [0, 0.1) is 0 Å². The number of nitrogens with two attached hydrogens (primary N) is 1. The van der Waals surface area contributed by atoms with Gasteiger partial charge in [0.05, 0.1) is 12.2 Å². The lowest BCUT2D eigenvalue weighted by Crippen LogP contribution is -2.26. The number of hydrogen-bond acceptors (Lipinski definition) is 6. The van der Waals surface area contributed by atoms with Crippen molar-refractivity contribution in [3.63, 3.8) is 0 Å². The zero-order valence-electron chi connectivity index (χ0n) is 12.0. The Labute approximate surface area is 118 Å². The summed E-state index contributed by atoms with van der Waals surface area (Å²) in [5.41, 5.74) is 6.44. The molecule has 110 valence electrons. The molecule has 0 aromatic carbocycles. The number of pyridine rings is 1. The number of hydrogen-bond donors (Lipinski definition) is 1. The zero-order chi connectivity index (χ0) is 14.5. The van der Waals surface area contributed by atoms with Gasteiger partial charge in [0, 0.05) is 18.8 Å². The maximum atomic E-state index is 11.7. The van der Waals surface area contributed by atoms with Gasteiger partial charge in [0.2, 0.25) is 5.88 Å². The Bertz CT molecular complexity index is 475. The van der Waals surface area contributed by atoms with Gasteiger partial charge in [0.1, 0.15) is 12.3 Å². The van der Waals surface area contributed by atoms with Crippen LogP contribution in [-0.2, 0) is 4.74 Å². The molecule has 0 amide bonds. The average molecular weight is 279 g/mol. The number of rotatable bonds is 7. The molecule has 0 aliphatic heterocycles. The third kappa shape index (κ3) is 3.60. The van der Waals surface area contributed by atoms with Crippen molar-refractivity contribution in [2.75, 3.05) is 32.5 Å². The van der Waals surface area contributed by atoms with Crippen molar-refractivity contribution in [3.05, 3.63) is 17.8 Å². The molecule has 1 aromatic rings. The van der Waals surface area contributed by atoms with E-state index in [0.717, 1.165) is 6.54 Å². The molecule has 6 heteroatoms. The molecule has 1 aliphatic rings. The Morgan fingerprint density at radius 2 is 2.30 bits per heavy atom. The number of carbonyl (C=O) groups excluding carboxylic acids is 1. The summed E-state index contributed by atoms with van der Waals surface area (Å²) in [4.78, 5) is 18.0. The summed E-state index contributed by atoms with van der Waals surface area (Å²) in [5, 5.41) is 0. The first-order valence-electron chi connectivity index (χ1n) is 6.88.